The molecule has 1 aliphatic rings. The Kier molecular flexibility index (Phi) is 5.26. The van der Waals surface area contributed by atoms with Crippen molar-refractivity contribution in [3.8, 4) is 6.07 Å². The lowest BCUT2D eigenvalue weighted by molar-refractivity contribution is -0.384. The number of nitriles is 1. The Morgan fingerprint density at radius 3 is 2.72 bits per heavy atom. The minimum Gasteiger partial charge on any atom is -0.363 e. The van der Waals surface area contributed by atoms with Crippen LogP contribution in [0.3, 0.4) is 0 Å². The average Bonchev–Trinajstić information content (AvgIpc) is 3.09. The van der Waals surface area contributed by atoms with Crippen LogP contribution in [0.1, 0.15) is 23.2 Å². The van der Waals surface area contributed by atoms with E-state index >= 15 is 0 Å². The minimum atomic E-state index is -0.413. The summed E-state index contributed by atoms with van der Waals surface area (Å²) in [5.41, 5.74) is 1.99. The molecule has 1 saturated heterocycles. The fraction of sp³-hybridized carbons (Fsp3) is 0.412. The highest BCUT2D eigenvalue weighted by molar-refractivity contribution is 7.09. The zero-order valence-corrected chi connectivity index (χ0v) is 14.8. The number of aryl methyl sites for hydroxylation is 1. The first-order valence-electron chi connectivity index (χ1n) is 8.20. The fourth-order valence-corrected chi connectivity index (χ4v) is 3.70. The van der Waals surface area contributed by atoms with Crippen LogP contribution in [0.5, 0.6) is 0 Å². The van der Waals surface area contributed by atoms with E-state index in [1.807, 2.05) is 11.0 Å². The van der Waals surface area contributed by atoms with E-state index in [4.69, 9.17) is 5.26 Å². The Morgan fingerprint density at radius 1 is 1.36 bits per heavy atom. The topological polar surface area (TPSA) is 86.3 Å². The third-order valence-corrected chi connectivity index (χ3v) is 5.34. The second-order valence-electron chi connectivity index (χ2n) is 5.92. The van der Waals surface area contributed by atoms with Gasteiger partial charge in [0.1, 0.15) is 5.69 Å². The van der Waals surface area contributed by atoms with Crippen LogP contribution in [0.15, 0.2) is 23.6 Å². The highest BCUT2D eigenvalue weighted by Gasteiger charge is 2.24. The number of anilines is 1. The summed E-state index contributed by atoms with van der Waals surface area (Å²) in [6, 6.07) is 6.62. The normalized spacial score (nSPS) is 15.1. The molecule has 7 nitrogen and oxygen atoms in total. The third-order valence-electron chi connectivity index (χ3n) is 4.30. The molecule has 0 atom stereocenters. The summed E-state index contributed by atoms with van der Waals surface area (Å²) in [5.74, 6) is 0. The largest absolute Gasteiger partial charge is 0.363 e. The van der Waals surface area contributed by atoms with Crippen LogP contribution in [-0.4, -0.2) is 41.0 Å². The number of piperazine rings is 1. The standard InChI is InChI=1S/C17H19N5O2S/c1-2-17-19-14(12-25-17)11-20-5-7-21(8-6-20)15-4-3-13(10-18)9-16(15)22(23)24/h3-4,9,12H,2,5-8,11H2,1H3. The molecular weight excluding hydrogens is 338 g/mol. The van der Waals surface area contributed by atoms with E-state index < -0.39 is 4.92 Å². The number of nitro groups is 1. The molecule has 3 rings (SSSR count). The van der Waals surface area contributed by atoms with Gasteiger partial charge in [0.2, 0.25) is 0 Å². The second-order valence-corrected chi connectivity index (χ2v) is 6.86. The van der Waals surface area contributed by atoms with Gasteiger partial charge in [0.05, 0.1) is 27.3 Å². The zero-order chi connectivity index (χ0) is 17.8. The number of benzene rings is 1. The van der Waals surface area contributed by atoms with Crippen molar-refractivity contribution in [1.29, 1.82) is 5.26 Å². The molecule has 1 fully saturated rings. The number of aromatic nitrogens is 1. The third kappa shape index (κ3) is 3.95. The van der Waals surface area contributed by atoms with E-state index in [1.165, 1.54) is 6.07 Å². The van der Waals surface area contributed by atoms with E-state index in [0.29, 0.717) is 11.3 Å². The van der Waals surface area contributed by atoms with Crippen molar-refractivity contribution in [2.75, 3.05) is 31.1 Å². The van der Waals surface area contributed by atoms with Crippen molar-refractivity contribution in [3.05, 3.63) is 50.0 Å². The summed E-state index contributed by atoms with van der Waals surface area (Å²) < 4.78 is 0. The first-order chi connectivity index (χ1) is 12.1. The van der Waals surface area contributed by atoms with Crippen LogP contribution in [-0.2, 0) is 13.0 Å². The van der Waals surface area contributed by atoms with Crippen molar-refractivity contribution in [2.45, 2.75) is 19.9 Å². The summed E-state index contributed by atoms with van der Waals surface area (Å²) in [6.07, 6.45) is 0.959. The summed E-state index contributed by atoms with van der Waals surface area (Å²) >= 11 is 1.69. The zero-order valence-electron chi connectivity index (χ0n) is 14.0. The Bertz CT molecular complexity index is 806. The molecule has 1 aliphatic heterocycles. The van der Waals surface area contributed by atoms with Crippen LogP contribution < -0.4 is 4.90 Å². The Balaban J connectivity index is 1.66. The molecular formula is C17H19N5O2S. The molecule has 0 saturated carbocycles. The molecule has 1 aromatic heterocycles. The molecule has 2 heterocycles. The van der Waals surface area contributed by atoms with Crippen molar-refractivity contribution >= 4 is 22.7 Å². The predicted molar refractivity (Wildman–Crippen MR) is 96.8 cm³/mol. The first-order valence-corrected chi connectivity index (χ1v) is 9.07. The number of thiazole rings is 1. The number of hydrogen-bond donors (Lipinski definition) is 0. The molecule has 0 amide bonds. The molecule has 0 unspecified atom stereocenters. The number of hydrogen-bond acceptors (Lipinski definition) is 7. The lowest BCUT2D eigenvalue weighted by atomic mass is 10.1. The van der Waals surface area contributed by atoms with Crippen LogP contribution in [0, 0.1) is 21.4 Å². The van der Waals surface area contributed by atoms with E-state index in [1.54, 1.807) is 23.5 Å². The van der Waals surface area contributed by atoms with Gasteiger partial charge in [-0.2, -0.15) is 5.26 Å². The van der Waals surface area contributed by atoms with Gasteiger partial charge in [-0.25, -0.2) is 4.98 Å². The molecule has 0 N–H and O–H groups in total. The molecule has 0 bridgehead atoms. The van der Waals surface area contributed by atoms with Crippen molar-refractivity contribution in [3.63, 3.8) is 0 Å². The van der Waals surface area contributed by atoms with Gasteiger partial charge in [-0.1, -0.05) is 6.92 Å². The SMILES string of the molecule is CCc1nc(CN2CCN(c3ccc(C#N)cc3[N+](=O)[O-])CC2)cs1. The Labute approximate surface area is 150 Å². The lowest BCUT2D eigenvalue weighted by Gasteiger charge is -2.35. The number of rotatable bonds is 5. The number of nitrogens with zero attached hydrogens (tertiary/aromatic N) is 5. The molecule has 0 spiro atoms. The molecule has 2 aromatic rings. The fourth-order valence-electron chi connectivity index (χ4n) is 2.97. The maximum atomic E-state index is 11.3. The van der Waals surface area contributed by atoms with Crippen molar-refractivity contribution < 1.29 is 4.92 Å². The maximum absolute atomic E-state index is 11.3. The summed E-state index contributed by atoms with van der Waals surface area (Å²) in [4.78, 5) is 19.9. The molecule has 0 aliphatic carbocycles. The highest BCUT2D eigenvalue weighted by atomic mass is 32.1. The van der Waals surface area contributed by atoms with Gasteiger partial charge in [-0.15, -0.1) is 11.3 Å². The van der Waals surface area contributed by atoms with E-state index in [0.717, 1.165) is 49.8 Å². The predicted octanol–water partition coefficient (Wildman–Crippen LogP) is 2.81. The smallest absolute Gasteiger partial charge is 0.293 e. The summed E-state index contributed by atoms with van der Waals surface area (Å²) in [6.45, 7) is 6.02. The molecule has 130 valence electrons. The maximum Gasteiger partial charge on any atom is 0.293 e. The molecule has 25 heavy (non-hydrogen) atoms. The summed E-state index contributed by atoms with van der Waals surface area (Å²) in [5, 5.41) is 23.5. The summed E-state index contributed by atoms with van der Waals surface area (Å²) in [7, 11) is 0. The van der Waals surface area contributed by atoms with Gasteiger partial charge in [0, 0.05) is 44.2 Å². The minimum absolute atomic E-state index is 0.000381. The van der Waals surface area contributed by atoms with E-state index in [9.17, 15) is 10.1 Å². The van der Waals surface area contributed by atoms with Crippen LogP contribution >= 0.6 is 11.3 Å². The number of nitro benzene ring substituents is 1. The quantitative estimate of drug-likeness (QED) is 0.604. The van der Waals surface area contributed by atoms with Crippen molar-refractivity contribution in [1.82, 2.24) is 9.88 Å². The van der Waals surface area contributed by atoms with Gasteiger partial charge in [-0.05, 0) is 18.6 Å². The van der Waals surface area contributed by atoms with Gasteiger partial charge in [0.15, 0.2) is 0 Å². The van der Waals surface area contributed by atoms with Crippen LogP contribution in [0.25, 0.3) is 0 Å². The molecule has 8 heteroatoms. The average molecular weight is 357 g/mol. The van der Waals surface area contributed by atoms with Gasteiger partial charge in [-0.3, -0.25) is 15.0 Å². The van der Waals surface area contributed by atoms with E-state index in [-0.39, 0.29) is 5.69 Å². The van der Waals surface area contributed by atoms with Gasteiger partial charge in [0.25, 0.3) is 5.69 Å². The van der Waals surface area contributed by atoms with Crippen molar-refractivity contribution in [2.24, 2.45) is 0 Å². The van der Waals surface area contributed by atoms with Crippen LogP contribution in [0.2, 0.25) is 0 Å². The van der Waals surface area contributed by atoms with Gasteiger partial charge >= 0.3 is 0 Å². The van der Waals surface area contributed by atoms with Crippen LogP contribution in [0.4, 0.5) is 11.4 Å². The lowest BCUT2D eigenvalue weighted by Crippen LogP contribution is -2.46. The highest BCUT2D eigenvalue weighted by Crippen LogP contribution is 2.30. The van der Waals surface area contributed by atoms with Gasteiger partial charge < -0.3 is 4.90 Å². The second kappa shape index (κ2) is 7.59. The molecule has 1 aromatic carbocycles. The Hall–Kier alpha value is -2.50. The molecule has 0 radical (unpaired) electrons. The first kappa shape index (κ1) is 17.3. The Morgan fingerprint density at radius 2 is 2.12 bits per heavy atom. The van der Waals surface area contributed by atoms with E-state index in [2.05, 4.69) is 22.2 Å². The monoisotopic (exact) mass is 357 g/mol.